The van der Waals surface area contributed by atoms with Crippen LogP contribution in [0.4, 0.5) is 0 Å². The molecule has 1 unspecified atom stereocenters. The standard InChI is InChI=1S/C16H26BrNO/c1-4-7-8-15(18-11-5-2)13-9-10-16(19-6-3)14(17)12-13/h9-10,12,15,18H,4-8,11H2,1-3H3. The van der Waals surface area contributed by atoms with Crippen molar-refractivity contribution in [1.29, 1.82) is 0 Å². The van der Waals surface area contributed by atoms with Crippen LogP contribution in [0.25, 0.3) is 0 Å². The molecule has 1 atom stereocenters. The predicted octanol–water partition coefficient (Wildman–Crippen LogP) is 5.08. The van der Waals surface area contributed by atoms with Gasteiger partial charge in [-0.05, 0) is 59.9 Å². The first kappa shape index (κ1) is 16.5. The van der Waals surface area contributed by atoms with Crippen LogP contribution >= 0.6 is 15.9 Å². The number of nitrogens with one attached hydrogen (secondary N) is 1. The molecule has 0 fully saturated rings. The largest absolute Gasteiger partial charge is 0.493 e. The quantitative estimate of drug-likeness (QED) is 0.683. The summed E-state index contributed by atoms with van der Waals surface area (Å²) in [6, 6.07) is 6.88. The summed E-state index contributed by atoms with van der Waals surface area (Å²) < 4.78 is 6.61. The topological polar surface area (TPSA) is 21.3 Å². The van der Waals surface area contributed by atoms with E-state index in [0.717, 1.165) is 16.8 Å². The SMILES string of the molecule is CCCCC(NCCC)c1ccc(OCC)c(Br)c1. The number of hydrogen-bond acceptors (Lipinski definition) is 2. The number of ether oxygens (including phenoxy) is 1. The van der Waals surface area contributed by atoms with E-state index >= 15 is 0 Å². The number of rotatable bonds is 9. The van der Waals surface area contributed by atoms with Crippen LogP contribution in [-0.4, -0.2) is 13.2 Å². The van der Waals surface area contributed by atoms with E-state index in [4.69, 9.17) is 4.74 Å². The average Bonchev–Trinajstić information content (AvgIpc) is 2.41. The van der Waals surface area contributed by atoms with Gasteiger partial charge in [0.2, 0.25) is 0 Å². The van der Waals surface area contributed by atoms with Gasteiger partial charge in [0.05, 0.1) is 11.1 Å². The molecule has 0 saturated heterocycles. The fraction of sp³-hybridized carbons (Fsp3) is 0.625. The van der Waals surface area contributed by atoms with E-state index in [0.29, 0.717) is 12.6 Å². The van der Waals surface area contributed by atoms with E-state index in [1.807, 2.05) is 6.92 Å². The summed E-state index contributed by atoms with van der Waals surface area (Å²) in [7, 11) is 0. The highest BCUT2D eigenvalue weighted by molar-refractivity contribution is 9.10. The molecule has 1 aromatic rings. The molecule has 0 aromatic heterocycles. The first-order valence-corrected chi connectivity index (χ1v) is 8.17. The molecule has 0 aliphatic rings. The van der Waals surface area contributed by atoms with Gasteiger partial charge in [-0.25, -0.2) is 0 Å². The summed E-state index contributed by atoms with van der Waals surface area (Å²) in [5.74, 6) is 0.927. The Hall–Kier alpha value is -0.540. The van der Waals surface area contributed by atoms with E-state index in [1.54, 1.807) is 0 Å². The summed E-state index contributed by atoms with van der Waals surface area (Å²) >= 11 is 3.60. The smallest absolute Gasteiger partial charge is 0.133 e. The third-order valence-corrected chi connectivity index (χ3v) is 3.76. The lowest BCUT2D eigenvalue weighted by Gasteiger charge is -2.20. The van der Waals surface area contributed by atoms with Crippen LogP contribution < -0.4 is 10.1 Å². The maximum Gasteiger partial charge on any atom is 0.133 e. The third-order valence-electron chi connectivity index (χ3n) is 3.15. The Bertz CT molecular complexity index is 360. The van der Waals surface area contributed by atoms with Crippen LogP contribution in [0.2, 0.25) is 0 Å². The van der Waals surface area contributed by atoms with E-state index in [1.165, 1.54) is 31.2 Å². The molecule has 19 heavy (non-hydrogen) atoms. The number of benzene rings is 1. The van der Waals surface area contributed by atoms with Crippen LogP contribution in [0.15, 0.2) is 22.7 Å². The third kappa shape index (κ3) is 5.53. The molecule has 0 amide bonds. The Labute approximate surface area is 126 Å². The molecule has 0 aliphatic heterocycles. The average molecular weight is 328 g/mol. The molecular weight excluding hydrogens is 302 g/mol. The molecule has 1 rings (SSSR count). The highest BCUT2D eigenvalue weighted by Gasteiger charge is 2.12. The molecule has 0 heterocycles. The van der Waals surface area contributed by atoms with Crippen LogP contribution in [0, 0.1) is 0 Å². The second-order valence-electron chi connectivity index (χ2n) is 4.77. The zero-order chi connectivity index (χ0) is 14.1. The molecule has 0 spiro atoms. The lowest BCUT2D eigenvalue weighted by Crippen LogP contribution is -2.22. The first-order chi connectivity index (χ1) is 9.22. The van der Waals surface area contributed by atoms with Crippen molar-refractivity contribution in [2.24, 2.45) is 0 Å². The Morgan fingerprint density at radius 2 is 2.00 bits per heavy atom. The zero-order valence-corrected chi connectivity index (χ0v) is 13.9. The van der Waals surface area contributed by atoms with Gasteiger partial charge in [-0.15, -0.1) is 0 Å². The van der Waals surface area contributed by atoms with Gasteiger partial charge in [0, 0.05) is 6.04 Å². The van der Waals surface area contributed by atoms with Crippen LogP contribution in [0.3, 0.4) is 0 Å². The molecule has 1 N–H and O–H groups in total. The predicted molar refractivity (Wildman–Crippen MR) is 85.9 cm³/mol. The zero-order valence-electron chi connectivity index (χ0n) is 12.3. The highest BCUT2D eigenvalue weighted by atomic mass is 79.9. The van der Waals surface area contributed by atoms with E-state index < -0.39 is 0 Å². The lowest BCUT2D eigenvalue weighted by atomic mass is 10.0. The Morgan fingerprint density at radius 3 is 2.58 bits per heavy atom. The van der Waals surface area contributed by atoms with Crippen molar-refractivity contribution >= 4 is 15.9 Å². The summed E-state index contributed by atoms with van der Waals surface area (Å²) in [6.45, 7) is 8.22. The van der Waals surface area contributed by atoms with Crippen molar-refractivity contribution in [3.63, 3.8) is 0 Å². The van der Waals surface area contributed by atoms with Crippen molar-refractivity contribution in [2.45, 2.75) is 52.5 Å². The number of unbranched alkanes of at least 4 members (excludes halogenated alkanes) is 1. The second kappa shape index (κ2) is 9.38. The van der Waals surface area contributed by atoms with Crippen molar-refractivity contribution in [2.75, 3.05) is 13.2 Å². The first-order valence-electron chi connectivity index (χ1n) is 7.38. The lowest BCUT2D eigenvalue weighted by molar-refractivity contribution is 0.338. The fourth-order valence-corrected chi connectivity index (χ4v) is 2.63. The fourth-order valence-electron chi connectivity index (χ4n) is 2.12. The maximum atomic E-state index is 5.57. The molecule has 0 radical (unpaired) electrons. The van der Waals surface area contributed by atoms with Gasteiger partial charge >= 0.3 is 0 Å². The van der Waals surface area contributed by atoms with Crippen LogP contribution in [0.5, 0.6) is 5.75 Å². The van der Waals surface area contributed by atoms with Crippen molar-refractivity contribution < 1.29 is 4.74 Å². The van der Waals surface area contributed by atoms with Gasteiger partial charge in [0.25, 0.3) is 0 Å². The molecule has 2 nitrogen and oxygen atoms in total. The molecule has 108 valence electrons. The molecule has 0 bridgehead atoms. The van der Waals surface area contributed by atoms with Gasteiger partial charge in [0.1, 0.15) is 5.75 Å². The Kier molecular flexibility index (Phi) is 8.15. The van der Waals surface area contributed by atoms with Gasteiger partial charge in [-0.1, -0.05) is 32.8 Å². The Morgan fingerprint density at radius 1 is 1.21 bits per heavy atom. The molecule has 0 saturated carbocycles. The summed E-state index contributed by atoms with van der Waals surface area (Å²) in [5.41, 5.74) is 1.34. The van der Waals surface area contributed by atoms with Crippen LogP contribution in [-0.2, 0) is 0 Å². The summed E-state index contributed by atoms with van der Waals surface area (Å²) in [5, 5.41) is 3.64. The number of hydrogen-bond donors (Lipinski definition) is 1. The Balaban J connectivity index is 2.79. The van der Waals surface area contributed by atoms with Gasteiger partial charge in [0.15, 0.2) is 0 Å². The van der Waals surface area contributed by atoms with E-state index in [2.05, 4.69) is 53.3 Å². The summed E-state index contributed by atoms with van der Waals surface area (Å²) in [4.78, 5) is 0. The molecule has 3 heteroatoms. The monoisotopic (exact) mass is 327 g/mol. The highest BCUT2D eigenvalue weighted by Crippen LogP contribution is 2.30. The van der Waals surface area contributed by atoms with Gasteiger partial charge in [-0.2, -0.15) is 0 Å². The minimum absolute atomic E-state index is 0.451. The van der Waals surface area contributed by atoms with Gasteiger partial charge < -0.3 is 10.1 Å². The minimum Gasteiger partial charge on any atom is -0.493 e. The summed E-state index contributed by atoms with van der Waals surface area (Å²) in [6.07, 6.45) is 4.85. The minimum atomic E-state index is 0.451. The normalized spacial score (nSPS) is 12.4. The second-order valence-corrected chi connectivity index (χ2v) is 5.63. The molecule has 0 aliphatic carbocycles. The number of halogens is 1. The van der Waals surface area contributed by atoms with Gasteiger partial charge in [-0.3, -0.25) is 0 Å². The van der Waals surface area contributed by atoms with Crippen molar-refractivity contribution in [3.8, 4) is 5.75 Å². The van der Waals surface area contributed by atoms with Crippen LogP contribution in [0.1, 0.15) is 58.1 Å². The van der Waals surface area contributed by atoms with Crippen molar-refractivity contribution in [1.82, 2.24) is 5.32 Å². The maximum absolute atomic E-state index is 5.57. The molecular formula is C16H26BrNO. The molecule has 1 aromatic carbocycles. The van der Waals surface area contributed by atoms with E-state index in [9.17, 15) is 0 Å². The van der Waals surface area contributed by atoms with Crippen molar-refractivity contribution in [3.05, 3.63) is 28.2 Å². The van der Waals surface area contributed by atoms with E-state index in [-0.39, 0.29) is 0 Å².